The maximum Gasteiger partial charge on any atom is 0.225 e. The van der Waals surface area contributed by atoms with E-state index in [4.69, 9.17) is 0 Å². The molecule has 0 radical (unpaired) electrons. The third kappa shape index (κ3) is 4.20. The van der Waals surface area contributed by atoms with E-state index in [0.29, 0.717) is 17.7 Å². The second-order valence-electron chi connectivity index (χ2n) is 6.59. The first-order valence-electron chi connectivity index (χ1n) is 8.34. The molecular formula is C18H23FN4O. The standard InChI is InChI=1S/C18H23FN4O/c1-11(2)16(10-24)22-18-21-15(12-3-4-12)9-17(23-18)20-14-7-5-13(19)6-8-14/h5-9,11-12,16,24H,3-4,10H2,1-2H3,(H2,20,21,22,23)/t16-/m0/s1. The third-order valence-corrected chi connectivity index (χ3v) is 4.17. The minimum atomic E-state index is -0.271. The van der Waals surface area contributed by atoms with Crippen molar-refractivity contribution in [1.82, 2.24) is 9.97 Å². The van der Waals surface area contributed by atoms with Gasteiger partial charge < -0.3 is 15.7 Å². The molecule has 6 heteroatoms. The molecule has 3 N–H and O–H groups in total. The van der Waals surface area contributed by atoms with Crippen LogP contribution in [0.1, 0.15) is 38.3 Å². The van der Waals surface area contributed by atoms with Gasteiger partial charge >= 0.3 is 0 Å². The lowest BCUT2D eigenvalue weighted by Crippen LogP contribution is -2.30. The smallest absolute Gasteiger partial charge is 0.225 e. The van der Waals surface area contributed by atoms with Crippen LogP contribution >= 0.6 is 0 Å². The number of nitrogens with zero attached hydrogens (tertiary/aromatic N) is 2. The summed E-state index contributed by atoms with van der Waals surface area (Å²) in [7, 11) is 0. The first kappa shape index (κ1) is 16.6. The van der Waals surface area contributed by atoms with Crippen molar-refractivity contribution in [2.45, 2.75) is 38.6 Å². The fourth-order valence-corrected chi connectivity index (χ4v) is 2.45. The summed E-state index contributed by atoms with van der Waals surface area (Å²) in [6.07, 6.45) is 2.28. The maximum atomic E-state index is 13.0. The van der Waals surface area contributed by atoms with Gasteiger partial charge in [0.05, 0.1) is 18.3 Å². The maximum absolute atomic E-state index is 13.0. The van der Waals surface area contributed by atoms with E-state index in [1.54, 1.807) is 12.1 Å². The SMILES string of the molecule is CC(C)[C@H](CO)Nc1nc(Nc2ccc(F)cc2)cc(C2CC2)n1. The average Bonchev–Trinajstić information content (AvgIpc) is 3.39. The van der Waals surface area contributed by atoms with Crippen LogP contribution in [0.3, 0.4) is 0 Å². The number of halogens is 1. The molecule has 0 saturated heterocycles. The van der Waals surface area contributed by atoms with Crippen LogP contribution in [0.5, 0.6) is 0 Å². The van der Waals surface area contributed by atoms with Crippen LogP contribution < -0.4 is 10.6 Å². The molecule has 1 aromatic heterocycles. The van der Waals surface area contributed by atoms with Gasteiger partial charge in [-0.15, -0.1) is 0 Å². The molecule has 128 valence electrons. The van der Waals surface area contributed by atoms with Gasteiger partial charge in [-0.2, -0.15) is 4.98 Å². The molecule has 1 aliphatic rings. The Bertz CT molecular complexity index is 686. The number of hydrogen-bond donors (Lipinski definition) is 3. The Kier molecular flexibility index (Phi) is 4.94. The van der Waals surface area contributed by atoms with E-state index in [9.17, 15) is 9.50 Å². The number of anilines is 3. The Balaban J connectivity index is 1.83. The zero-order valence-corrected chi connectivity index (χ0v) is 14.0. The van der Waals surface area contributed by atoms with Gasteiger partial charge in [0.15, 0.2) is 0 Å². The largest absolute Gasteiger partial charge is 0.394 e. The quantitative estimate of drug-likeness (QED) is 0.723. The first-order chi connectivity index (χ1) is 11.5. The Hall–Kier alpha value is -2.21. The van der Waals surface area contributed by atoms with E-state index in [0.717, 1.165) is 24.2 Å². The van der Waals surface area contributed by atoms with Crippen LogP contribution in [0.2, 0.25) is 0 Å². The number of aliphatic hydroxyl groups excluding tert-OH is 1. The van der Waals surface area contributed by atoms with Crippen molar-refractivity contribution in [3.8, 4) is 0 Å². The van der Waals surface area contributed by atoms with Crippen LogP contribution in [0.4, 0.5) is 21.8 Å². The highest BCUT2D eigenvalue weighted by atomic mass is 19.1. The summed E-state index contributed by atoms with van der Waals surface area (Å²) in [5.74, 6) is 1.65. The van der Waals surface area contributed by atoms with Gasteiger partial charge in [0.1, 0.15) is 11.6 Å². The van der Waals surface area contributed by atoms with Crippen molar-refractivity contribution < 1.29 is 9.50 Å². The van der Waals surface area contributed by atoms with Crippen molar-refractivity contribution in [2.75, 3.05) is 17.2 Å². The van der Waals surface area contributed by atoms with Gasteiger partial charge in [0.25, 0.3) is 0 Å². The molecule has 0 bridgehead atoms. The Morgan fingerprint density at radius 1 is 1.21 bits per heavy atom. The second kappa shape index (κ2) is 7.13. The number of nitrogens with one attached hydrogen (secondary N) is 2. The summed E-state index contributed by atoms with van der Waals surface area (Å²) in [6.45, 7) is 4.10. The topological polar surface area (TPSA) is 70.1 Å². The number of benzene rings is 1. The highest BCUT2D eigenvalue weighted by Crippen LogP contribution is 2.40. The summed E-state index contributed by atoms with van der Waals surface area (Å²) in [4.78, 5) is 9.08. The van der Waals surface area contributed by atoms with E-state index in [1.165, 1.54) is 12.1 Å². The normalized spacial score (nSPS) is 15.4. The minimum absolute atomic E-state index is 0.0232. The summed E-state index contributed by atoms with van der Waals surface area (Å²) < 4.78 is 13.0. The fourth-order valence-electron chi connectivity index (χ4n) is 2.45. The number of aromatic nitrogens is 2. The van der Waals surface area contributed by atoms with E-state index >= 15 is 0 Å². The first-order valence-corrected chi connectivity index (χ1v) is 8.34. The molecular weight excluding hydrogens is 307 g/mol. The molecule has 24 heavy (non-hydrogen) atoms. The monoisotopic (exact) mass is 330 g/mol. The number of aliphatic hydroxyl groups is 1. The summed E-state index contributed by atoms with van der Waals surface area (Å²) >= 11 is 0. The predicted molar refractivity (Wildman–Crippen MR) is 93.0 cm³/mol. The molecule has 1 atom stereocenters. The molecule has 5 nitrogen and oxygen atoms in total. The number of rotatable bonds is 7. The molecule has 2 aromatic rings. The van der Waals surface area contributed by atoms with Gasteiger partial charge in [-0.05, 0) is 43.0 Å². The zero-order chi connectivity index (χ0) is 17.1. The van der Waals surface area contributed by atoms with Crippen molar-refractivity contribution in [1.29, 1.82) is 0 Å². The highest BCUT2D eigenvalue weighted by Gasteiger charge is 2.26. The van der Waals surface area contributed by atoms with Crippen LogP contribution in [0.15, 0.2) is 30.3 Å². The van der Waals surface area contributed by atoms with Gasteiger partial charge in [0, 0.05) is 17.7 Å². The molecule has 1 fully saturated rings. The van der Waals surface area contributed by atoms with Crippen molar-refractivity contribution in [3.63, 3.8) is 0 Å². The molecule has 1 aliphatic carbocycles. The fraction of sp³-hybridized carbons (Fsp3) is 0.444. The zero-order valence-electron chi connectivity index (χ0n) is 14.0. The molecule has 1 heterocycles. The minimum Gasteiger partial charge on any atom is -0.394 e. The lowest BCUT2D eigenvalue weighted by molar-refractivity contribution is 0.248. The highest BCUT2D eigenvalue weighted by molar-refractivity contribution is 5.58. The van der Waals surface area contributed by atoms with E-state index < -0.39 is 0 Å². The molecule has 1 aromatic carbocycles. The van der Waals surface area contributed by atoms with Crippen LogP contribution in [-0.4, -0.2) is 27.7 Å². The van der Waals surface area contributed by atoms with Crippen LogP contribution in [0, 0.1) is 11.7 Å². The van der Waals surface area contributed by atoms with Crippen LogP contribution in [0.25, 0.3) is 0 Å². The summed E-state index contributed by atoms with van der Waals surface area (Å²) in [6, 6.07) is 8.00. The van der Waals surface area contributed by atoms with E-state index in [-0.39, 0.29) is 24.4 Å². The molecule has 0 spiro atoms. The van der Waals surface area contributed by atoms with Crippen LogP contribution in [-0.2, 0) is 0 Å². The Morgan fingerprint density at radius 3 is 2.50 bits per heavy atom. The second-order valence-corrected chi connectivity index (χ2v) is 6.59. The number of hydrogen-bond acceptors (Lipinski definition) is 5. The van der Waals surface area contributed by atoms with E-state index in [2.05, 4.69) is 20.6 Å². The Morgan fingerprint density at radius 2 is 1.92 bits per heavy atom. The average molecular weight is 330 g/mol. The van der Waals surface area contributed by atoms with Crippen molar-refractivity contribution in [2.24, 2.45) is 5.92 Å². The summed E-state index contributed by atoms with van der Waals surface area (Å²) in [5, 5.41) is 15.9. The molecule has 0 aliphatic heterocycles. The Labute approximate surface area is 141 Å². The van der Waals surface area contributed by atoms with Crippen molar-refractivity contribution >= 4 is 17.5 Å². The van der Waals surface area contributed by atoms with Gasteiger partial charge in [-0.1, -0.05) is 13.8 Å². The van der Waals surface area contributed by atoms with Gasteiger partial charge in [-0.25, -0.2) is 9.37 Å². The molecule has 0 amide bonds. The third-order valence-electron chi connectivity index (χ3n) is 4.17. The van der Waals surface area contributed by atoms with Crippen molar-refractivity contribution in [3.05, 3.63) is 41.8 Å². The summed E-state index contributed by atoms with van der Waals surface area (Å²) in [5.41, 5.74) is 1.77. The predicted octanol–water partition coefficient (Wildman–Crippen LogP) is 3.67. The lowest BCUT2D eigenvalue weighted by Gasteiger charge is -2.20. The van der Waals surface area contributed by atoms with E-state index in [1.807, 2.05) is 19.9 Å². The van der Waals surface area contributed by atoms with Gasteiger partial charge in [0.2, 0.25) is 5.95 Å². The lowest BCUT2D eigenvalue weighted by atomic mass is 10.1. The molecule has 3 rings (SSSR count). The molecule has 1 saturated carbocycles. The van der Waals surface area contributed by atoms with Gasteiger partial charge in [-0.3, -0.25) is 0 Å². The molecule has 0 unspecified atom stereocenters.